The van der Waals surface area contributed by atoms with Crippen LogP contribution in [0.5, 0.6) is 11.5 Å². The Morgan fingerprint density at radius 3 is 2.35 bits per heavy atom. The van der Waals surface area contributed by atoms with Crippen LogP contribution < -0.4 is 14.8 Å². The molecule has 4 rings (SSSR count). The largest absolute Gasteiger partial charge is 0.493 e. The second-order valence-corrected chi connectivity index (χ2v) is 7.72. The van der Waals surface area contributed by atoms with E-state index in [1.807, 2.05) is 30.3 Å². The fourth-order valence-corrected chi connectivity index (χ4v) is 4.24. The van der Waals surface area contributed by atoms with Crippen LogP contribution in [0.1, 0.15) is 28.8 Å². The number of nitrogens with one attached hydrogen (secondary N) is 1. The first-order valence-electron chi connectivity index (χ1n) is 10.2. The number of rotatable bonds is 5. The smallest absolute Gasteiger partial charge is 0.325 e. The van der Waals surface area contributed by atoms with Crippen molar-refractivity contribution in [2.24, 2.45) is 0 Å². The van der Waals surface area contributed by atoms with E-state index in [-0.39, 0.29) is 24.4 Å². The number of carbonyl (C=O) groups excluding carboxylic acids is 3. The SMILES string of the molecule is COc1cccc(C(=O)N2CCC3(CC2)NC(=O)N(Cc2ccccc2)C3=O)c1OC. The first-order chi connectivity index (χ1) is 15.0. The molecule has 2 fully saturated rings. The fraction of sp³-hybridized carbons (Fsp3) is 0.348. The molecule has 0 aliphatic carbocycles. The summed E-state index contributed by atoms with van der Waals surface area (Å²) in [6, 6.07) is 14.2. The molecule has 2 saturated heterocycles. The fourth-order valence-electron chi connectivity index (χ4n) is 4.24. The predicted octanol–water partition coefficient (Wildman–Crippen LogP) is 2.43. The van der Waals surface area contributed by atoms with Crippen LogP contribution in [0.4, 0.5) is 4.79 Å². The van der Waals surface area contributed by atoms with Crippen molar-refractivity contribution in [3.05, 3.63) is 59.7 Å². The molecule has 2 aliphatic rings. The van der Waals surface area contributed by atoms with E-state index in [1.165, 1.54) is 19.1 Å². The molecule has 0 unspecified atom stereocenters. The van der Waals surface area contributed by atoms with Gasteiger partial charge in [0.2, 0.25) is 0 Å². The molecule has 1 spiro atoms. The third kappa shape index (κ3) is 3.69. The Morgan fingerprint density at radius 2 is 1.71 bits per heavy atom. The van der Waals surface area contributed by atoms with Crippen LogP contribution in [0, 0.1) is 0 Å². The maximum absolute atomic E-state index is 13.1. The molecular weight excluding hydrogens is 398 g/mol. The molecular formula is C23H25N3O5. The van der Waals surface area contributed by atoms with Crippen molar-refractivity contribution in [2.75, 3.05) is 27.3 Å². The summed E-state index contributed by atoms with van der Waals surface area (Å²) in [5.74, 6) is 0.446. The molecule has 0 aromatic heterocycles. The lowest BCUT2D eigenvalue weighted by atomic mass is 9.87. The first-order valence-corrected chi connectivity index (χ1v) is 10.2. The summed E-state index contributed by atoms with van der Waals surface area (Å²) in [4.78, 5) is 41.7. The van der Waals surface area contributed by atoms with Crippen LogP contribution in [-0.2, 0) is 11.3 Å². The Bertz CT molecular complexity index is 1000. The number of methoxy groups -OCH3 is 2. The van der Waals surface area contributed by atoms with Gasteiger partial charge < -0.3 is 19.7 Å². The van der Waals surface area contributed by atoms with E-state index in [1.54, 1.807) is 23.1 Å². The van der Waals surface area contributed by atoms with Crippen molar-refractivity contribution in [1.29, 1.82) is 0 Å². The molecule has 162 valence electrons. The summed E-state index contributed by atoms with van der Waals surface area (Å²) in [6.07, 6.45) is 0.724. The highest BCUT2D eigenvalue weighted by Gasteiger charge is 2.52. The normalized spacial score (nSPS) is 17.6. The van der Waals surface area contributed by atoms with Crippen LogP contribution in [0.2, 0.25) is 0 Å². The second-order valence-electron chi connectivity index (χ2n) is 7.72. The summed E-state index contributed by atoms with van der Waals surface area (Å²) in [7, 11) is 3.01. The van der Waals surface area contributed by atoms with Crippen LogP contribution in [0.15, 0.2) is 48.5 Å². The zero-order valence-corrected chi connectivity index (χ0v) is 17.6. The molecule has 2 heterocycles. The number of benzene rings is 2. The van der Waals surface area contributed by atoms with Crippen molar-refractivity contribution in [2.45, 2.75) is 24.9 Å². The van der Waals surface area contributed by atoms with Gasteiger partial charge in [-0.2, -0.15) is 0 Å². The highest BCUT2D eigenvalue weighted by atomic mass is 16.5. The molecule has 8 heteroatoms. The van der Waals surface area contributed by atoms with Gasteiger partial charge in [0, 0.05) is 13.1 Å². The lowest BCUT2D eigenvalue weighted by molar-refractivity contribution is -0.133. The quantitative estimate of drug-likeness (QED) is 0.747. The minimum Gasteiger partial charge on any atom is -0.493 e. The third-order valence-electron chi connectivity index (χ3n) is 5.97. The maximum atomic E-state index is 13.1. The first kappa shape index (κ1) is 20.7. The number of carbonyl (C=O) groups is 3. The lowest BCUT2D eigenvalue weighted by Gasteiger charge is -2.37. The minimum atomic E-state index is -0.957. The molecule has 8 nitrogen and oxygen atoms in total. The van der Waals surface area contributed by atoms with Gasteiger partial charge in [-0.15, -0.1) is 0 Å². The summed E-state index contributed by atoms with van der Waals surface area (Å²) in [6.45, 7) is 0.936. The number of ether oxygens (including phenoxy) is 2. The molecule has 1 N–H and O–H groups in total. The maximum Gasteiger partial charge on any atom is 0.325 e. The van der Waals surface area contributed by atoms with E-state index >= 15 is 0 Å². The van der Waals surface area contributed by atoms with Crippen molar-refractivity contribution in [3.8, 4) is 11.5 Å². The summed E-state index contributed by atoms with van der Waals surface area (Å²) in [5.41, 5.74) is 0.340. The highest BCUT2D eigenvalue weighted by Crippen LogP contribution is 2.34. The van der Waals surface area contributed by atoms with Gasteiger partial charge in [-0.3, -0.25) is 14.5 Å². The highest BCUT2D eigenvalue weighted by molar-refractivity contribution is 6.07. The molecule has 0 bridgehead atoms. The third-order valence-corrected chi connectivity index (χ3v) is 5.97. The Balaban J connectivity index is 1.47. The molecule has 0 saturated carbocycles. The molecule has 31 heavy (non-hydrogen) atoms. The van der Waals surface area contributed by atoms with Crippen LogP contribution in [0.25, 0.3) is 0 Å². The molecule has 4 amide bonds. The topological polar surface area (TPSA) is 88.2 Å². The van der Waals surface area contributed by atoms with Gasteiger partial charge in [-0.25, -0.2) is 4.79 Å². The van der Waals surface area contributed by atoms with Gasteiger partial charge in [0.15, 0.2) is 11.5 Å². The van der Waals surface area contributed by atoms with E-state index in [4.69, 9.17) is 9.47 Å². The number of urea groups is 1. The Kier molecular flexibility index (Phi) is 5.54. The lowest BCUT2D eigenvalue weighted by Crippen LogP contribution is -2.55. The Morgan fingerprint density at radius 1 is 1.00 bits per heavy atom. The summed E-state index contributed by atoms with van der Waals surface area (Å²) < 4.78 is 10.7. The van der Waals surface area contributed by atoms with Crippen molar-refractivity contribution in [1.82, 2.24) is 15.1 Å². The number of imide groups is 1. The van der Waals surface area contributed by atoms with E-state index in [0.717, 1.165) is 5.56 Å². The number of hydrogen-bond acceptors (Lipinski definition) is 5. The van der Waals surface area contributed by atoms with Gasteiger partial charge in [0.25, 0.3) is 11.8 Å². The summed E-state index contributed by atoms with van der Waals surface area (Å²) >= 11 is 0. The average Bonchev–Trinajstić information content (AvgIpc) is 3.03. The van der Waals surface area contributed by atoms with Crippen LogP contribution in [0.3, 0.4) is 0 Å². The number of hydrogen-bond donors (Lipinski definition) is 1. The van der Waals surface area contributed by atoms with Gasteiger partial charge >= 0.3 is 6.03 Å². The molecule has 0 atom stereocenters. The average molecular weight is 423 g/mol. The Hall–Kier alpha value is -3.55. The van der Waals surface area contributed by atoms with Crippen LogP contribution in [-0.4, -0.2) is 60.5 Å². The van der Waals surface area contributed by atoms with E-state index < -0.39 is 5.54 Å². The molecule has 0 radical (unpaired) electrons. The minimum absolute atomic E-state index is 0.191. The Labute approximate surface area is 180 Å². The van der Waals surface area contributed by atoms with Gasteiger partial charge in [-0.1, -0.05) is 36.4 Å². The standard InChI is InChI=1S/C23H25N3O5/c1-30-18-10-6-9-17(19(18)31-2)20(27)25-13-11-23(12-14-25)21(28)26(22(29)24-23)15-16-7-4-3-5-8-16/h3-10H,11-15H2,1-2H3,(H,24,29). The number of nitrogens with zero attached hydrogens (tertiary/aromatic N) is 2. The van der Waals surface area contributed by atoms with Gasteiger partial charge in [-0.05, 0) is 30.5 Å². The van der Waals surface area contributed by atoms with Crippen LogP contribution >= 0.6 is 0 Å². The molecule has 2 aromatic rings. The molecule has 2 aromatic carbocycles. The number of likely N-dealkylation sites (tertiary alicyclic amines) is 1. The summed E-state index contributed by atoms with van der Waals surface area (Å²) in [5, 5.41) is 2.88. The van der Waals surface area contributed by atoms with Crippen molar-refractivity contribution >= 4 is 17.8 Å². The second kappa shape index (κ2) is 8.29. The zero-order valence-electron chi connectivity index (χ0n) is 17.6. The van der Waals surface area contributed by atoms with E-state index in [9.17, 15) is 14.4 Å². The monoisotopic (exact) mass is 423 g/mol. The number of amides is 4. The number of para-hydroxylation sites is 1. The van der Waals surface area contributed by atoms with Gasteiger partial charge in [0.1, 0.15) is 5.54 Å². The van der Waals surface area contributed by atoms with E-state index in [0.29, 0.717) is 43.0 Å². The van der Waals surface area contributed by atoms with E-state index in [2.05, 4.69) is 5.32 Å². The van der Waals surface area contributed by atoms with Crippen molar-refractivity contribution in [3.63, 3.8) is 0 Å². The molecule has 2 aliphatic heterocycles. The number of piperidine rings is 1. The zero-order chi connectivity index (χ0) is 22.0. The van der Waals surface area contributed by atoms with Gasteiger partial charge in [0.05, 0.1) is 26.3 Å². The predicted molar refractivity (Wildman–Crippen MR) is 113 cm³/mol. The van der Waals surface area contributed by atoms with Crippen molar-refractivity contribution < 1.29 is 23.9 Å².